The summed E-state index contributed by atoms with van der Waals surface area (Å²) in [4.78, 5) is 18.7. The van der Waals surface area contributed by atoms with Crippen LogP contribution < -0.4 is 21.3 Å². The molecule has 31 heavy (non-hydrogen) atoms. The van der Waals surface area contributed by atoms with Crippen molar-refractivity contribution in [1.29, 1.82) is 0 Å². The number of aliphatic imine (C=N–C) groups is 1. The van der Waals surface area contributed by atoms with Crippen LogP contribution in [0.3, 0.4) is 0 Å². The van der Waals surface area contributed by atoms with Gasteiger partial charge in [0.05, 0.1) is 18.4 Å². The number of piperidine rings is 1. The second kappa shape index (κ2) is 8.60. The van der Waals surface area contributed by atoms with E-state index in [2.05, 4.69) is 36.0 Å². The third-order valence-electron chi connectivity index (χ3n) is 5.26. The van der Waals surface area contributed by atoms with E-state index in [1.807, 2.05) is 0 Å². The lowest BCUT2D eigenvalue weighted by Gasteiger charge is -2.30. The molecule has 1 amide bonds. The minimum Gasteiger partial charge on any atom is -0.453 e. The quantitative estimate of drug-likeness (QED) is 0.507. The number of aromatic nitrogens is 1. The van der Waals surface area contributed by atoms with E-state index in [0.29, 0.717) is 22.2 Å². The molecule has 2 atom stereocenters. The van der Waals surface area contributed by atoms with Crippen LogP contribution in [0.2, 0.25) is 0 Å². The van der Waals surface area contributed by atoms with Gasteiger partial charge in [-0.15, -0.1) is 0 Å². The van der Waals surface area contributed by atoms with Crippen LogP contribution in [-0.2, 0) is 4.74 Å². The largest absolute Gasteiger partial charge is 0.453 e. The molecule has 0 bridgehead atoms. The first kappa shape index (κ1) is 21.2. The molecule has 2 unspecified atom stereocenters. The minimum absolute atomic E-state index is 0.118. The van der Waals surface area contributed by atoms with Gasteiger partial charge in [-0.25, -0.2) is 9.79 Å². The number of alkyl halides is 3. The summed E-state index contributed by atoms with van der Waals surface area (Å²) in [6.07, 6.45) is -1.49. The molecule has 1 aromatic heterocycles. The van der Waals surface area contributed by atoms with Crippen molar-refractivity contribution in [2.75, 3.05) is 25.5 Å². The highest BCUT2D eigenvalue weighted by atomic mass is 19.4. The minimum atomic E-state index is -4.57. The Labute approximate surface area is 176 Å². The number of benzene rings is 1. The van der Waals surface area contributed by atoms with Crippen LogP contribution in [-0.4, -0.2) is 55.5 Å². The first-order valence-corrected chi connectivity index (χ1v) is 9.90. The number of halogens is 3. The lowest BCUT2D eigenvalue weighted by molar-refractivity contribution is -0.0867. The van der Waals surface area contributed by atoms with E-state index in [4.69, 9.17) is 0 Å². The molecular weight excluding hydrogens is 413 g/mol. The Balaban J connectivity index is 1.66. The topological polar surface area (TPSA) is 103 Å². The van der Waals surface area contributed by atoms with Gasteiger partial charge in [0, 0.05) is 47.1 Å². The van der Waals surface area contributed by atoms with Crippen molar-refractivity contribution in [3.8, 4) is 0 Å². The number of hydrogen-bond acceptors (Lipinski definition) is 6. The number of nitrogens with one attached hydrogen (secondary N) is 5. The highest BCUT2D eigenvalue weighted by Crippen LogP contribution is 2.33. The molecule has 5 N–H and O–H groups in total. The number of H-pyrrole nitrogens is 1. The molecule has 11 heteroatoms. The van der Waals surface area contributed by atoms with Gasteiger partial charge in [0.1, 0.15) is 0 Å². The SMILES string of the molecule is COC(=O)Nc1ccc2c(C3=NC(NC4CCCNC4)NC=C3C(F)(F)F)c[nH]c2c1. The predicted molar refractivity (Wildman–Crippen MR) is 111 cm³/mol. The third kappa shape index (κ3) is 4.67. The summed E-state index contributed by atoms with van der Waals surface area (Å²) in [5.74, 6) is 0. The Hall–Kier alpha value is -3.05. The number of hydrogen-bond donors (Lipinski definition) is 5. The number of carbonyl (C=O) groups excluding carboxylic acids is 1. The molecule has 4 rings (SSSR count). The second-order valence-corrected chi connectivity index (χ2v) is 7.39. The summed E-state index contributed by atoms with van der Waals surface area (Å²) in [7, 11) is 1.24. The molecule has 3 heterocycles. The average Bonchev–Trinajstić information content (AvgIpc) is 3.16. The second-order valence-electron chi connectivity index (χ2n) is 7.39. The van der Waals surface area contributed by atoms with Gasteiger partial charge in [0.15, 0.2) is 6.29 Å². The molecular formula is C20H23F3N6O2. The number of methoxy groups -OCH3 is 1. The van der Waals surface area contributed by atoms with Gasteiger partial charge in [-0.1, -0.05) is 6.07 Å². The molecule has 0 aliphatic carbocycles. The van der Waals surface area contributed by atoms with E-state index >= 15 is 0 Å². The third-order valence-corrected chi connectivity index (χ3v) is 5.26. The van der Waals surface area contributed by atoms with Crippen molar-refractivity contribution in [1.82, 2.24) is 20.9 Å². The number of nitrogens with zero attached hydrogens (tertiary/aromatic N) is 1. The maximum Gasteiger partial charge on any atom is 0.419 e. The maximum atomic E-state index is 13.7. The highest BCUT2D eigenvalue weighted by molar-refractivity contribution is 6.20. The van der Waals surface area contributed by atoms with Crippen LogP contribution in [0.25, 0.3) is 10.9 Å². The van der Waals surface area contributed by atoms with Gasteiger partial charge < -0.3 is 20.4 Å². The number of amides is 1. The van der Waals surface area contributed by atoms with Gasteiger partial charge >= 0.3 is 12.3 Å². The Morgan fingerprint density at radius 2 is 2.16 bits per heavy atom. The van der Waals surface area contributed by atoms with Crippen LogP contribution in [0.15, 0.2) is 41.2 Å². The molecule has 1 saturated heterocycles. The normalized spacial score (nSPS) is 21.8. The van der Waals surface area contributed by atoms with Crippen molar-refractivity contribution in [3.05, 3.63) is 41.7 Å². The van der Waals surface area contributed by atoms with Gasteiger partial charge in [0.2, 0.25) is 0 Å². The first-order valence-electron chi connectivity index (χ1n) is 9.90. The zero-order valence-electron chi connectivity index (χ0n) is 16.8. The number of rotatable bonds is 4. The Kier molecular flexibility index (Phi) is 5.88. The monoisotopic (exact) mass is 436 g/mol. The van der Waals surface area contributed by atoms with Crippen LogP contribution in [0.5, 0.6) is 0 Å². The summed E-state index contributed by atoms with van der Waals surface area (Å²) >= 11 is 0. The van der Waals surface area contributed by atoms with E-state index < -0.39 is 24.1 Å². The Bertz CT molecular complexity index is 1020. The lowest BCUT2D eigenvalue weighted by Crippen LogP contribution is -2.52. The fourth-order valence-electron chi connectivity index (χ4n) is 3.77. The first-order chi connectivity index (χ1) is 14.8. The van der Waals surface area contributed by atoms with E-state index in [1.54, 1.807) is 18.2 Å². The van der Waals surface area contributed by atoms with E-state index in [9.17, 15) is 18.0 Å². The molecule has 0 spiro atoms. The zero-order chi connectivity index (χ0) is 22.0. The maximum absolute atomic E-state index is 13.7. The summed E-state index contributed by atoms with van der Waals surface area (Å²) in [6, 6.07) is 4.97. The zero-order valence-corrected chi connectivity index (χ0v) is 16.8. The summed E-state index contributed by atoms with van der Waals surface area (Å²) < 4.78 is 45.7. The van der Waals surface area contributed by atoms with E-state index in [1.165, 1.54) is 13.3 Å². The van der Waals surface area contributed by atoms with Crippen molar-refractivity contribution in [2.24, 2.45) is 4.99 Å². The van der Waals surface area contributed by atoms with Crippen LogP contribution in [0.4, 0.5) is 23.7 Å². The van der Waals surface area contributed by atoms with Crippen molar-refractivity contribution >= 4 is 28.4 Å². The molecule has 2 aliphatic rings. The molecule has 2 aromatic rings. The smallest absolute Gasteiger partial charge is 0.419 e. The summed E-state index contributed by atoms with van der Waals surface area (Å²) in [5.41, 5.74) is 0.360. The van der Waals surface area contributed by atoms with Crippen LogP contribution in [0, 0.1) is 0 Å². The predicted octanol–water partition coefficient (Wildman–Crippen LogP) is 2.81. The average molecular weight is 436 g/mol. The number of fused-ring (bicyclic) bond motifs is 1. The molecule has 0 radical (unpaired) electrons. The van der Waals surface area contributed by atoms with Gasteiger partial charge in [0.25, 0.3) is 0 Å². The molecule has 2 aliphatic heterocycles. The van der Waals surface area contributed by atoms with Crippen molar-refractivity contribution < 1.29 is 22.7 Å². The molecule has 1 fully saturated rings. The molecule has 166 valence electrons. The number of carbonyl (C=O) groups is 1. The Morgan fingerprint density at radius 3 is 2.87 bits per heavy atom. The van der Waals surface area contributed by atoms with E-state index in [0.717, 1.165) is 32.1 Å². The number of aromatic amines is 1. The van der Waals surface area contributed by atoms with Crippen molar-refractivity contribution in [3.63, 3.8) is 0 Å². The summed E-state index contributed by atoms with van der Waals surface area (Å²) in [6.45, 7) is 1.67. The summed E-state index contributed by atoms with van der Waals surface area (Å²) in [5, 5.41) is 12.3. The fraction of sp³-hybridized carbons (Fsp3) is 0.400. The number of ether oxygens (including phenoxy) is 1. The molecule has 0 saturated carbocycles. The Morgan fingerprint density at radius 1 is 1.32 bits per heavy atom. The van der Waals surface area contributed by atoms with Gasteiger partial charge in [-0.3, -0.25) is 10.6 Å². The molecule has 8 nitrogen and oxygen atoms in total. The van der Waals surface area contributed by atoms with Crippen LogP contribution in [0.1, 0.15) is 18.4 Å². The van der Waals surface area contributed by atoms with Crippen molar-refractivity contribution in [2.45, 2.75) is 31.3 Å². The van der Waals surface area contributed by atoms with E-state index in [-0.39, 0.29) is 11.8 Å². The number of allylic oxidation sites excluding steroid dienone is 1. The standard InChI is InChI=1S/C20H23F3N6O2/c1-31-19(30)28-11-4-5-13-14(9-25-16(13)7-11)17-15(20(21,22)23)10-26-18(29-17)27-12-3-2-6-24-8-12/h4-5,7,9-10,12,18,24-27H,2-3,6,8H2,1H3,(H,28,30). The number of anilines is 1. The lowest BCUT2D eigenvalue weighted by atomic mass is 10.0. The van der Waals surface area contributed by atoms with Gasteiger partial charge in [-0.2, -0.15) is 13.2 Å². The van der Waals surface area contributed by atoms with Crippen LogP contribution >= 0.6 is 0 Å². The fourth-order valence-corrected chi connectivity index (χ4v) is 3.77. The highest BCUT2D eigenvalue weighted by Gasteiger charge is 2.40. The molecule has 1 aromatic carbocycles. The van der Waals surface area contributed by atoms with Gasteiger partial charge in [-0.05, 0) is 31.5 Å².